The van der Waals surface area contributed by atoms with Crippen molar-refractivity contribution in [2.45, 2.75) is 0 Å². The zero-order chi connectivity index (χ0) is 8.00. The second-order valence-electron chi connectivity index (χ2n) is 0. The van der Waals surface area contributed by atoms with Gasteiger partial charge in [-0.2, -0.15) is 0 Å². The molecule has 0 aromatic heterocycles. The molecule has 0 rings (SSSR count). The predicted octanol–water partition coefficient (Wildman–Crippen LogP) is -0.972. The molecule has 0 aromatic carbocycles. The zero-order valence-corrected chi connectivity index (χ0v) is 4.99. The molecular formula is C2FeN2O4. The topological polar surface area (TPSA) is 119 Å². The van der Waals surface area contributed by atoms with E-state index in [1.54, 1.807) is 0 Å². The second-order valence-corrected chi connectivity index (χ2v) is 0. The van der Waals surface area contributed by atoms with Crippen molar-refractivity contribution < 1.29 is 26.4 Å². The largest absolute Gasteiger partial charge is 0.120 e. The average Bonchev–Trinajstić information content (AvgIpc) is 2.03. The van der Waals surface area contributed by atoms with Crippen LogP contribution in [0.4, 0.5) is 0 Å². The predicted molar refractivity (Wildman–Crippen MR) is 18.9 cm³/mol. The van der Waals surface area contributed by atoms with Crippen LogP contribution in [0, 0.1) is 23.1 Å². The Bertz CT molecular complexity index is 47.0. The van der Waals surface area contributed by atoms with Gasteiger partial charge in [-0.05, 0) is 0 Å². The Morgan fingerprint density at radius 3 is 0.778 bits per heavy atom. The van der Waals surface area contributed by atoms with Crippen LogP contribution in [0.25, 0.3) is 0 Å². The minimum absolute atomic E-state index is 0. The minimum atomic E-state index is 0. The van der Waals surface area contributed by atoms with Gasteiger partial charge in [-0.25, -0.2) is 0 Å². The Morgan fingerprint density at radius 1 is 0.778 bits per heavy atom. The van der Waals surface area contributed by atoms with Gasteiger partial charge < -0.3 is 0 Å². The second kappa shape index (κ2) is 432. The molecule has 0 aliphatic carbocycles. The van der Waals surface area contributed by atoms with Crippen LogP contribution in [0.3, 0.4) is 0 Å². The summed E-state index contributed by atoms with van der Waals surface area (Å²) in [5.74, 6) is 0. The summed E-state index contributed by atoms with van der Waals surface area (Å²) in [5.41, 5.74) is 11.5. The first kappa shape index (κ1) is 41.5. The third-order valence-corrected chi connectivity index (χ3v) is 0. The summed E-state index contributed by atoms with van der Waals surface area (Å²) in [6.07, 6.45) is 0. The quantitative estimate of drug-likeness (QED) is 0.265. The fourth-order valence-electron chi connectivity index (χ4n) is 0. The van der Waals surface area contributed by atoms with Gasteiger partial charge in [0.05, 0.1) is 0 Å². The molecule has 0 saturated heterocycles. The summed E-state index contributed by atoms with van der Waals surface area (Å²) in [7, 11) is 0. The van der Waals surface area contributed by atoms with Crippen LogP contribution in [0.1, 0.15) is 0 Å². The van der Waals surface area contributed by atoms with Crippen LogP contribution < -0.4 is 11.2 Å². The molecule has 0 heterocycles. The summed E-state index contributed by atoms with van der Waals surface area (Å²) >= 11 is 0. The van der Waals surface area contributed by atoms with Crippen LogP contribution >= 0.6 is 0 Å². The molecule has 0 aromatic rings. The SMILES string of the molecule is [C-]#[O+].[C-]#[O+].[Fe].[N]=O.[N]=O. The van der Waals surface area contributed by atoms with Crippen molar-refractivity contribution in [3.05, 3.63) is 23.1 Å². The third-order valence-electron chi connectivity index (χ3n) is 0. The summed E-state index contributed by atoms with van der Waals surface area (Å²) in [4.78, 5) is 14.5. The molecule has 50 valence electrons. The maximum Gasteiger partial charge on any atom is 0.120 e. The third kappa shape index (κ3) is 304. The summed E-state index contributed by atoms with van der Waals surface area (Å²) in [6.45, 7) is 9.00. The molecule has 7 heteroatoms. The molecular weight excluding hydrogens is 172 g/mol. The summed E-state index contributed by atoms with van der Waals surface area (Å²) in [5, 5.41) is 0. The molecule has 2 radical (unpaired) electrons. The van der Waals surface area contributed by atoms with E-state index < -0.39 is 0 Å². The molecule has 0 aliphatic rings. The number of hydrogen-bond acceptors (Lipinski definition) is 2. The Morgan fingerprint density at radius 2 is 0.778 bits per heavy atom. The number of rotatable bonds is 0. The van der Waals surface area contributed by atoms with Gasteiger partial charge in [0.15, 0.2) is 0 Å². The molecule has 0 atom stereocenters. The van der Waals surface area contributed by atoms with Crippen molar-refractivity contribution in [1.82, 2.24) is 11.2 Å². The average molecular weight is 172 g/mol. The van der Waals surface area contributed by atoms with E-state index in [1.165, 1.54) is 0 Å². The van der Waals surface area contributed by atoms with Crippen molar-refractivity contribution in [3.63, 3.8) is 0 Å². The fraction of sp³-hybridized carbons (Fsp3) is 0. The first-order valence-corrected chi connectivity index (χ1v) is 0.773. The van der Waals surface area contributed by atoms with Crippen LogP contribution in [-0.4, -0.2) is 0 Å². The standard InChI is InChI=1S/2CO.Fe.2NO/c2*1-2;;2*1-2. The Kier molecular flexibility index (Phi) is 1990. The number of nitroso groups, excluding NO2 is 2. The fourth-order valence-corrected chi connectivity index (χ4v) is 0. The maximum absolute atomic E-state index is 7.50. The number of nitrogens with zero attached hydrogens (tertiary/aromatic N) is 2. The van der Waals surface area contributed by atoms with E-state index in [-0.39, 0.29) is 17.1 Å². The van der Waals surface area contributed by atoms with Crippen molar-refractivity contribution in [1.29, 1.82) is 0 Å². The molecule has 0 amide bonds. The molecule has 0 N–H and O–H groups in total. The Balaban J connectivity index is -0.00000000762. The van der Waals surface area contributed by atoms with Crippen molar-refractivity contribution in [3.8, 4) is 0 Å². The first-order chi connectivity index (χ1) is 4.00. The molecule has 0 spiro atoms. The van der Waals surface area contributed by atoms with E-state index in [2.05, 4.69) is 13.3 Å². The molecule has 0 saturated carbocycles. The van der Waals surface area contributed by atoms with E-state index in [1.807, 2.05) is 0 Å². The molecule has 0 aliphatic heterocycles. The zero-order valence-electron chi connectivity index (χ0n) is 3.88. The van der Waals surface area contributed by atoms with Gasteiger partial charge in [0.2, 0.25) is 0 Å². The summed E-state index contributed by atoms with van der Waals surface area (Å²) in [6, 6.07) is 0. The van der Waals surface area contributed by atoms with Gasteiger partial charge >= 0.3 is 22.6 Å². The first-order valence-electron chi connectivity index (χ1n) is 0.773. The van der Waals surface area contributed by atoms with Gasteiger partial charge in [0.1, 0.15) is 11.2 Å². The van der Waals surface area contributed by atoms with Crippen molar-refractivity contribution >= 4 is 0 Å². The Labute approximate surface area is 61.4 Å². The molecule has 0 bridgehead atoms. The number of hydrogen-bond donors (Lipinski definition) is 0. The summed E-state index contributed by atoms with van der Waals surface area (Å²) < 4.78 is 15.0. The normalized spacial score (nSPS) is 1.33. The minimum Gasteiger partial charge on any atom is -0.120 e. The van der Waals surface area contributed by atoms with E-state index in [0.717, 1.165) is 0 Å². The molecule has 0 unspecified atom stereocenters. The molecule has 6 nitrogen and oxygen atoms in total. The van der Waals surface area contributed by atoms with Gasteiger partial charge in [0, 0.05) is 17.1 Å². The van der Waals surface area contributed by atoms with Crippen LogP contribution in [-0.2, 0) is 26.4 Å². The maximum atomic E-state index is 7.50. The van der Waals surface area contributed by atoms with Gasteiger partial charge in [-0.1, -0.05) is 0 Å². The van der Waals surface area contributed by atoms with Crippen LogP contribution in [0.5, 0.6) is 0 Å². The van der Waals surface area contributed by atoms with Gasteiger partial charge in [0.25, 0.3) is 0 Å². The van der Waals surface area contributed by atoms with Crippen LogP contribution in [0.2, 0.25) is 0 Å². The van der Waals surface area contributed by atoms with Gasteiger partial charge in [-0.3, -0.25) is 0 Å². The van der Waals surface area contributed by atoms with Crippen LogP contribution in [0.15, 0.2) is 0 Å². The van der Waals surface area contributed by atoms with E-state index in [9.17, 15) is 0 Å². The smallest absolute Gasteiger partial charge is 0.120 e. The monoisotopic (exact) mass is 172 g/mol. The molecule has 9 heavy (non-hydrogen) atoms. The van der Waals surface area contributed by atoms with E-state index in [0.29, 0.717) is 0 Å². The van der Waals surface area contributed by atoms with Crippen molar-refractivity contribution in [2.75, 3.05) is 0 Å². The van der Waals surface area contributed by atoms with E-state index in [4.69, 9.17) is 30.3 Å². The van der Waals surface area contributed by atoms with E-state index >= 15 is 0 Å². The Hall–Kier alpha value is -0.801. The molecule has 0 fully saturated rings. The van der Waals surface area contributed by atoms with Gasteiger partial charge in [-0.15, -0.1) is 9.81 Å². The van der Waals surface area contributed by atoms with Crippen molar-refractivity contribution in [2.24, 2.45) is 0 Å².